The number of hydrogen-bond donors (Lipinski definition) is 6. The fourth-order valence-corrected chi connectivity index (χ4v) is 4.12. The lowest BCUT2D eigenvalue weighted by atomic mass is 9.83. The van der Waals surface area contributed by atoms with E-state index in [1.54, 1.807) is 24.3 Å². The van der Waals surface area contributed by atoms with Crippen molar-refractivity contribution < 1.29 is 19.5 Å². The van der Waals surface area contributed by atoms with Crippen LogP contribution in [-0.2, 0) is 14.4 Å². The fraction of sp³-hybridized carbons (Fsp3) is 0.565. The highest BCUT2D eigenvalue weighted by atomic mass is 16.4. The van der Waals surface area contributed by atoms with Crippen LogP contribution in [0.4, 0.5) is 5.69 Å². The second-order valence-electron chi connectivity index (χ2n) is 8.36. The summed E-state index contributed by atoms with van der Waals surface area (Å²) in [6.07, 6.45) is 6.36. The Balaban J connectivity index is 1.98. The van der Waals surface area contributed by atoms with E-state index in [1.807, 2.05) is 6.92 Å². The van der Waals surface area contributed by atoms with Gasteiger partial charge in [0.15, 0.2) is 0 Å². The molecular weight excluding hydrogens is 410 g/mol. The van der Waals surface area contributed by atoms with Crippen LogP contribution in [0.15, 0.2) is 24.3 Å². The Kier molecular flexibility index (Phi) is 10.1. The topological polar surface area (TPSA) is 157 Å². The lowest BCUT2D eigenvalue weighted by molar-refractivity contribution is -0.136. The molecule has 2 rings (SSSR count). The summed E-state index contributed by atoms with van der Waals surface area (Å²) < 4.78 is 0. The maximum atomic E-state index is 12.9. The number of carbonyl (C=O) groups is 3. The number of rotatable bonds is 12. The van der Waals surface area contributed by atoms with Crippen molar-refractivity contribution in [3.63, 3.8) is 0 Å². The third-order valence-corrected chi connectivity index (χ3v) is 5.87. The minimum absolute atomic E-state index is 0.0431. The van der Waals surface area contributed by atoms with Crippen LogP contribution in [0.1, 0.15) is 57.4 Å². The van der Waals surface area contributed by atoms with Gasteiger partial charge in [0.05, 0.1) is 18.5 Å². The second-order valence-corrected chi connectivity index (χ2v) is 8.36. The normalized spacial score (nSPS) is 16.0. The summed E-state index contributed by atoms with van der Waals surface area (Å²) in [5.74, 6) is -1.81. The van der Waals surface area contributed by atoms with Gasteiger partial charge in [-0.25, -0.2) is 0 Å². The average molecular weight is 446 g/mol. The van der Waals surface area contributed by atoms with Crippen LogP contribution < -0.4 is 21.7 Å². The van der Waals surface area contributed by atoms with Gasteiger partial charge in [-0.3, -0.25) is 25.1 Å². The largest absolute Gasteiger partial charge is 0.480 e. The van der Waals surface area contributed by atoms with E-state index >= 15 is 0 Å². The second kappa shape index (κ2) is 12.8. The van der Waals surface area contributed by atoms with E-state index in [-0.39, 0.29) is 36.7 Å². The number of nitrogens with one attached hydrogen (secondary N) is 4. The highest BCUT2D eigenvalue weighted by molar-refractivity contribution is 5.97. The van der Waals surface area contributed by atoms with Gasteiger partial charge in [-0.05, 0) is 49.4 Å². The number of nitrogen functional groups attached to an aromatic ring is 1. The molecule has 0 heterocycles. The summed E-state index contributed by atoms with van der Waals surface area (Å²) in [5, 5.41) is 25.1. The molecule has 2 unspecified atom stereocenters. The first-order valence-electron chi connectivity index (χ1n) is 11.3. The Morgan fingerprint density at radius 1 is 1.12 bits per heavy atom. The van der Waals surface area contributed by atoms with Crippen molar-refractivity contribution in [1.82, 2.24) is 10.6 Å². The quantitative estimate of drug-likeness (QED) is 0.213. The Morgan fingerprint density at radius 3 is 2.34 bits per heavy atom. The third-order valence-electron chi connectivity index (χ3n) is 5.87. The molecular formula is C23H35N5O4. The molecule has 0 aromatic heterocycles. The molecule has 32 heavy (non-hydrogen) atoms. The van der Waals surface area contributed by atoms with Crippen LogP contribution in [0.25, 0.3) is 0 Å². The molecule has 176 valence electrons. The highest BCUT2D eigenvalue weighted by Crippen LogP contribution is 2.26. The molecule has 2 atom stereocenters. The number of carbonyl (C=O) groups excluding carboxylic acids is 2. The average Bonchev–Trinajstić information content (AvgIpc) is 2.77. The molecule has 0 aliphatic heterocycles. The van der Waals surface area contributed by atoms with Gasteiger partial charge in [0.25, 0.3) is 0 Å². The molecule has 1 aromatic rings. The van der Waals surface area contributed by atoms with Gasteiger partial charge in [0.2, 0.25) is 11.8 Å². The van der Waals surface area contributed by atoms with Crippen molar-refractivity contribution in [3.8, 4) is 0 Å². The number of nitrogens with two attached hydrogens (primary N) is 1. The number of aliphatic carboxylic acids is 1. The fourth-order valence-electron chi connectivity index (χ4n) is 4.12. The smallest absolute Gasteiger partial charge is 0.317 e. The van der Waals surface area contributed by atoms with E-state index in [0.29, 0.717) is 17.7 Å². The molecule has 1 aliphatic rings. The maximum Gasteiger partial charge on any atom is 0.317 e. The van der Waals surface area contributed by atoms with Crippen LogP contribution in [-0.4, -0.2) is 47.9 Å². The van der Waals surface area contributed by atoms with Crippen molar-refractivity contribution in [3.05, 3.63) is 29.8 Å². The Morgan fingerprint density at radius 2 is 1.78 bits per heavy atom. The zero-order valence-corrected chi connectivity index (χ0v) is 18.7. The number of carboxylic acid groups (broad SMARTS) is 1. The third kappa shape index (κ3) is 7.96. The molecule has 2 amide bonds. The van der Waals surface area contributed by atoms with Crippen LogP contribution in [0.2, 0.25) is 0 Å². The monoisotopic (exact) mass is 445 g/mol. The molecule has 1 fully saturated rings. The lowest BCUT2D eigenvalue weighted by Crippen LogP contribution is -2.52. The summed E-state index contributed by atoms with van der Waals surface area (Å²) in [4.78, 5) is 36.7. The predicted molar refractivity (Wildman–Crippen MR) is 123 cm³/mol. The number of amides is 2. The highest BCUT2D eigenvalue weighted by Gasteiger charge is 2.30. The zero-order chi connectivity index (χ0) is 23.5. The van der Waals surface area contributed by atoms with Gasteiger partial charge < -0.3 is 21.5 Å². The van der Waals surface area contributed by atoms with Crippen LogP contribution in [0.3, 0.4) is 0 Å². The molecule has 0 saturated heterocycles. The predicted octanol–water partition coefficient (Wildman–Crippen LogP) is 2.06. The van der Waals surface area contributed by atoms with E-state index in [1.165, 1.54) is 0 Å². The maximum absolute atomic E-state index is 12.9. The summed E-state index contributed by atoms with van der Waals surface area (Å²) in [6.45, 7) is 1.88. The van der Waals surface area contributed by atoms with Crippen molar-refractivity contribution in [2.45, 2.75) is 57.9 Å². The lowest BCUT2D eigenvalue weighted by Gasteiger charge is -2.30. The molecule has 0 radical (unpaired) electrons. The van der Waals surface area contributed by atoms with E-state index in [2.05, 4.69) is 16.0 Å². The Bertz CT molecular complexity index is 790. The van der Waals surface area contributed by atoms with E-state index in [4.69, 9.17) is 16.2 Å². The number of anilines is 1. The first-order chi connectivity index (χ1) is 15.3. The molecule has 1 saturated carbocycles. The summed E-state index contributed by atoms with van der Waals surface area (Å²) in [7, 11) is 0. The van der Waals surface area contributed by atoms with Gasteiger partial charge in [0, 0.05) is 17.8 Å². The van der Waals surface area contributed by atoms with E-state index in [0.717, 1.165) is 38.5 Å². The van der Waals surface area contributed by atoms with Gasteiger partial charge in [-0.15, -0.1) is 0 Å². The van der Waals surface area contributed by atoms with Crippen LogP contribution in [0, 0.1) is 17.2 Å². The van der Waals surface area contributed by atoms with Crippen molar-refractivity contribution in [1.29, 1.82) is 5.41 Å². The summed E-state index contributed by atoms with van der Waals surface area (Å²) >= 11 is 0. The first kappa shape index (κ1) is 25.3. The summed E-state index contributed by atoms with van der Waals surface area (Å²) in [6, 6.07) is 6.13. The number of carboxylic acids is 1. The van der Waals surface area contributed by atoms with Crippen molar-refractivity contribution >= 4 is 29.3 Å². The molecule has 0 spiro atoms. The Labute approximate surface area is 189 Å². The SMILES string of the molecule is CCCC(CNC(=O)C(NCC(=O)O)C1CCCCC1)C(=O)Nc1ccc(C(=N)N)cc1. The molecule has 9 nitrogen and oxygen atoms in total. The molecule has 1 aromatic carbocycles. The summed E-state index contributed by atoms with van der Waals surface area (Å²) in [5.41, 5.74) is 6.62. The zero-order valence-electron chi connectivity index (χ0n) is 18.7. The number of amidine groups is 1. The van der Waals surface area contributed by atoms with Gasteiger partial charge in [-0.2, -0.15) is 0 Å². The van der Waals surface area contributed by atoms with Crippen molar-refractivity contribution in [2.24, 2.45) is 17.6 Å². The molecule has 0 bridgehead atoms. The first-order valence-corrected chi connectivity index (χ1v) is 11.3. The van der Waals surface area contributed by atoms with Crippen LogP contribution >= 0.6 is 0 Å². The molecule has 7 N–H and O–H groups in total. The van der Waals surface area contributed by atoms with E-state index in [9.17, 15) is 14.4 Å². The molecule has 1 aliphatic carbocycles. The van der Waals surface area contributed by atoms with Crippen LogP contribution in [0.5, 0.6) is 0 Å². The van der Waals surface area contributed by atoms with E-state index < -0.39 is 17.9 Å². The standard InChI is InChI=1S/C23H35N5O4/c1-2-6-17(22(31)28-18-11-9-16(10-12-18)21(24)25)13-27-23(32)20(26-14-19(29)30)15-7-4-3-5-8-15/h9-12,15,17,20,26H,2-8,13-14H2,1H3,(H3,24,25)(H,27,32)(H,28,31)(H,29,30). The Hall–Kier alpha value is -2.94. The van der Waals surface area contributed by atoms with Gasteiger partial charge >= 0.3 is 5.97 Å². The van der Waals surface area contributed by atoms with Crippen molar-refractivity contribution in [2.75, 3.05) is 18.4 Å². The number of hydrogen-bond acceptors (Lipinski definition) is 5. The molecule has 9 heteroatoms. The van der Waals surface area contributed by atoms with Gasteiger partial charge in [-0.1, -0.05) is 32.6 Å². The van der Waals surface area contributed by atoms with Gasteiger partial charge in [0.1, 0.15) is 5.84 Å². The minimum atomic E-state index is -1.00. The minimum Gasteiger partial charge on any atom is -0.480 e. The number of benzene rings is 1.